The first-order chi connectivity index (χ1) is 6.79. The number of aromatic nitrogens is 3. The van der Waals surface area contributed by atoms with Gasteiger partial charge >= 0.3 is 35.5 Å². The summed E-state index contributed by atoms with van der Waals surface area (Å²) in [6.45, 7) is 0. The van der Waals surface area contributed by atoms with Crippen molar-refractivity contribution in [3.8, 4) is 11.4 Å². The van der Waals surface area contributed by atoms with Crippen molar-refractivity contribution in [2.75, 3.05) is 0 Å². The Morgan fingerprint density at radius 3 is 2.80 bits per heavy atom. The zero-order valence-corrected chi connectivity index (χ0v) is 7.14. The van der Waals surface area contributed by atoms with Gasteiger partial charge in [-0.15, -0.1) is 0 Å². The van der Waals surface area contributed by atoms with E-state index in [4.69, 9.17) is 5.11 Å². The Hall–Kier alpha value is -1.17. The molecule has 0 saturated heterocycles. The summed E-state index contributed by atoms with van der Waals surface area (Å²) < 4.78 is 0. The van der Waals surface area contributed by atoms with Gasteiger partial charge in [-0.2, -0.15) is 5.10 Å². The van der Waals surface area contributed by atoms with Gasteiger partial charge in [0.2, 0.25) is 0 Å². The fourth-order valence-electron chi connectivity index (χ4n) is 1.17. The normalized spacial score (nSPS) is 9.33. The predicted molar refractivity (Wildman–Crippen MR) is 55.9 cm³/mol. The molecule has 0 aromatic carbocycles. The van der Waals surface area contributed by atoms with Gasteiger partial charge in [0.1, 0.15) is 11.4 Å². The molecule has 0 amide bonds. The number of nitrogens with zero attached hydrogens (tertiary/aromatic N) is 2. The minimum absolute atomic E-state index is 0. The van der Waals surface area contributed by atoms with Crippen molar-refractivity contribution in [2.24, 2.45) is 0 Å². The number of aromatic amines is 1. The minimum atomic E-state index is -1.00. The van der Waals surface area contributed by atoms with Gasteiger partial charge in [-0.1, -0.05) is 0 Å². The maximum atomic E-state index is 10.8. The Labute approximate surface area is 108 Å². The summed E-state index contributed by atoms with van der Waals surface area (Å²) in [4.78, 5) is 14.8. The zero-order valence-electron chi connectivity index (χ0n) is 7.14. The summed E-state index contributed by atoms with van der Waals surface area (Å²) >= 11 is 0. The van der Waals surface area contributed by atoms with Gasteiger partial charge in [-0.25, -0.2) is 4.79 Å². The first-order valence-electron chi connectivity index (χ1n) is 3.97. The number of hydrogen-bond acceptors (Lipinski definition) is 3. The molecule has 2 aromatic rings. The van der Waals surface area contributed by atoms with Crippen molar-refractivity contribution in [2.45, 2.75) is 0 Å². The van der Waals surface area contributed by atoms with Crippen molar-refractivity contribution in [3.63, 3.8) is 0 Å². The second-order valence-corrected chi connectivity index (χ2v) is 2.66. The standard InChI is InChI=1S/C9H7N3O2.Na.H/c13-9(14)6-2-1-4-10-8(6)7-3-5-11-12-7;;/h1-5H,(H,11,12)(H,13,14);;. The van der Waals surface area contributed by atoms with E-state index in [1.165, 1.54) is 12.3 Å². The zero-order chi connectivity index (χ0) is 9.97. The monoisotopic (exact) mass is 213 g/mol. The molecule has 72 valence electrons. The number of H-pyrrole nitrogens is 1. The molecule has 5 nitrogen and oxygen atoms in total. The maximum absolute atomic E-state index is 10.8. The summed E-state index contributed by atoms with van der Waals surface area (Å²) in [5, 5.41) is 15.4. The Morgan fingerprint density at radius 2 is 2.20 bits per heavy atom. The summed E-state index contributed by atoms with van der Waals surface area (Å²) in [5.74, 6) is -1.00. The van der Waals surface area contributed by atoms with Crippen LogP contribution in [0.2, 0.25) is 0 Å². The first-order valence-corrected chi connectivity index (χ1v) is 3.97. The van der Waals surface area contributed by atoms with Crippen molar-refractivity contribution in [1.82, 2.24) is 15.2 Å². The second kappa shape index (κ2) is 5.06. The molecule has 0 atom stereocenters. The number of carbonyl (C=O) groups is 1. The molecule has 2 rings (SSSR count). The molecule has 0 radical (unpaired) electrons. The van der Waals surface area contributed by atoms with Crippen LogP contribution >= 0.6 is 0 Å². The molecule has 0 saturated carbocycles. The van der Waals surface area contributed by atoms with E-state index in [0.717, 1.165) is 0 Å². The quantitative estimate of drug-likeness (QED) is 0.713. The molecule has 0 bridgehead atoms. The van der Waals surface area contributed by atoms with Crippen molar-refractivity contribution in [3.05, 3.63) is 36.2 Å². The summed E-state index contributed by atoms with van der Waals surface area (Å²) in [7, 11) is 0. The summed E-state index contributed by atoms with van der Waals surface area (Å²) in [5.41, 5.74) is 1.06. The van der Waals surface area contributed by atoms with Gasteiger partial charge < -0.3 is 5.11 Å². The van der Waals surface area contributed by atoms with E-state index >= 15 is 0 Å². The Kier molecular flexibility index (Phi) is 4.02. The van der Waals surface area contributed by atoms with E-state index in [-0.39, 0.29) is 35.1 Å². The van der Waals surface area contributed by atoms with Crippen LogP contribution < -0.4 is 0 Å². The molecule has 0 spiro atoms. The van der Waals surface area contributed by atoms with E-state index in [2.05, 4.69) is 15.2 Å². The number of aromatic carboxylic acids is 1. The van der Waals surface area contributed by atoms with Crippen LogP contribution in [0.15, 0.2) is 30.6 Å². The average Bonchev–Trinajstić information content (AvgIpc) is 2.70. The third-order valence-corrected chi connectivity index (χ3v) is 1.78. The van der Waals surface area contributed by atoms with E-state index in [1.807, 2.05) is 0 Å². The van der Waals surface area contributed by atoms with Crippen LogP contribution in [0.25, 0.3) is 11.4 Å². The Morgan fingerprint density at radius 1 is 1.40 bits per heavy atom. The number of rotatable bonds is 2. The molecule has 2 aromatic heterocycles. The third kappa shape index (κ3) is 2.44. The Balaban J connectivity index is 0.00000112. The van der Waals surface area contributed by atoms with Gasteiger partial charge in [0.05, 0.1) is 5.56 Å². The van der Waals surface area contributed by atoms with Crippen LogP contribution in [-0.2, 0) is 0 Å². The fraction of sp³-hybridized carbons (Fsp3) is 0. The number of pyridine rings is 1. The number of carboxylic acids is 1. The number of nitrogens with one attached hydrogen (secondary N) is 1. The SMILES string of the molecule is O=C(O)c1cccnc1-c1cc[nH]n1.[NaH]. The molecule has 0 aliphatic carbocycles. The number of carboxylic acid groups (broad SMARTS) is 1. The second-order valence-electron chi connectivity index (χ2n) is 2.66. The fourth-order valence-corrected chi connectivity index (χ4v) is 1.17. The van der Waals surface area contributed by atoms with Gasteiger partial charge in [0.15, 0.2) is 0 Å². The van der Waals surface area contributed by atoms with E-state index in [1.54, 1.807) is 18.3 Å². The van der Waals surface area contributed by atoms with Crippen LogP contribution in [0.4, 0.5) is 0 Å². The summed E-state index contributed by atoms with van der Waals surface area (Å²) in [6.07, 6.45) is 3.16. The van der Waals surface area contributed by atoms with E-state index in [0.29, 0.717) is 11.4 Å². The van der Waals surface area contributed by atoms with Crippen molar-refractivity contribution < 1.29 is 9.90 Å². The molecule has 0 aliphatic heterocycles. The molecule has 2 N–H and O–H groups in total. The summed E-state index contributed by atoms with van der Waals surface area (Å²) in [6, 6.07) is 4.76. The molecule has 0 aliphatic rings. The molecule has 6 heteroatoms. The third-order valence-electron chi connectivity index (χ3n) is 1.78. The molecule has 0 unspecified atom stereocenters. The molecular formula is C9H8N3NaO2. The van der Waals surface area contributed by atoms with Gasteiger partial charge in [-0.05, 0) is 18.2 Å². The Bertz CT molecular complexity index is 456. The topological polar surface area (TPSA) is 78.9 Å². The number of hydrogen-bond donors (Lipinski definition) is 2. The predicted octanol–water partition coefficient (Wildman–Crippen LogP) is 0.521. The van der Waals surface area contributed by atoms with Crippen molar-refractivity contribution in [1.29, 1.82) is 0 Å². The van der Waals surface area contributed by atoms with Crippen LogP contribution in [0, 0.1) is 0 Å². The van der Waals surface area contributed by atoms with Gasteiger partial charge in [-0.3, -0.25) is 10.1 Å². The van der Waals surface area contributed by atoms with Crippen LogP contribution in [-0.4, -0.2) is 55.8 Å². The van der Waals surface area contributed by atoms with Gasteiger partial charge in [0.25, 0.3) is 0 Å². The molecule has 15 heavy (non-hydrogen) atoms. The molecule has 2 heterocycles. The first kappa shape index (κ1) is 11.9. The van der Waals surface area contributed by atoms with E-state index < -0.39 is 5.97 Å². The van der Waals surface area contributed by atoms with E-state index in [9.17, 15) is 4.79 Å². The van der Waals surface area contributed by atoms with Crippen LogP contribution in [0.5, 0.6) is 0 Å². The molecule has 0 fully saturated rings. The molecular weight excluding hydrogens is 205 g/mol. The van der Waals surface area contributed by atoms with Crippen LogP contribution in [0.3, 0.4) is 0 Å². The average molecular weight is 213 g/mol. The van der Waals surface area contributed by atoms with Crippen molar-refractivity contribution >= 4 is 35.5 Å². The van der Waals surface area contributed by atoms with Gasteiger partial charge in [0, 0.05) is 12.4 Å². The van der Waals surface area contributed by atoms with Crippen LogP contribution in [0.1, 0.15) is 10.4 Å².